The van der Waals surface area contributed by atoms with Gasteiger partial charge in [-0.1, -0.05) is 30.3 Å². The summed E-state index contributed by atoms with van der Waals surface area (Å²) in [6.45, 7) is 2.54. The van der Waals surface area contributed by atoms with Gasteiger partial charge in [-0.25, -0.2) is 0 Å². The van der Waals surface area contributed by atoms with Crippen LogP contribution >= 0.6 is 0 Å². The third kappa shape index (κ3) is 2.11. The van der Waals surface area contributed by atoms with Gasteiger partial charge in [-0.15, -0.1) is 0 Å². The average molecular weight is 229 g/mol. The van der Waals surface area contributed by atoms with Crippen molar-refractivity contribution in [3.63, 3.8) is 0 Å². The van der Waals surface area contributed by atoms with E-state index in [0.29, 0.717) is 0 Å². The minimum atomic E-state index is 0.0312. The maximum Gasteiger partial charge on any atom is 0.166 e. The van der Waals surface area contributed by atoms with Crippen molar-refractivity contribution in [3.05, 3.63) is 48.2 Å². The second kappa shape index (κ2) is 4.34. The Balaban J connectivity index is 1.67. The molecule has 88 valence electrons. The molecule has 1 aromatic rings. The van der Waals surface area contributed by atoms with Gasteiger partial charge in [0.25, 0.3) is 0 Å². The van der Waals surface area contributed by atoms with Gasteiger partial charge in [-0.2, -0.15) is 0 Å². The van der Waals surface area contributed by atoms with E-state index in [2.05, 4.69) is 17.0 Å². The fraction of sp³-hybridized carbons (Fsp3) is 0.357. The van der Waals surface area contributed by atoms with E-state index < -0.39 is 0 Å². The van der Waals surface area contributed by atoms with Crippen molar-refractivity contribution in [1.82, 2.24) is 4.90 Å². The highest BCUT2D eigenvalue weighted by molar-refractivity contribution is 5.93. The molecule has 1 aromatic carbocycles. The minimum Gasteiger partial charge on any atom is -0.496 e. The molecule has 2 atom stereocenters. The van der Waals surface area contributed by atoms with Gasteiger partial charge in [-0.3, -0.25) is 9.69 Å². The molecule has 0 aromatic heterocycles. The summed E-state index contributed by atoms with van der Waals surface area (Å²) in [6.07, 6.45) is 3.14. The van der Waals surface area contributed by atoms with Crippen LogP contribution in [0.2, 0.25) is 0 Å². The lowest BCUT2D eigenvalue weighted by Gasteiger charge is -2.18. The molecule has 1 saturated heterocycles. The summed E-state index contributed by atoms with van der Waals surface area (Å²) in [6, 6.07) is 10.3. The van der Waals surface area contributed by atoms with Gasteiger partial charge in [0.1, 0.15) is 6.10 Å². The third-order valence-corrected chi connectivity index (χ3v) is 3.44. The molecule has 0 saturated carbocycles. The maximum absolute atomic E-state index is 11.7. The number of ether oxygens (including phenoxy) is 1. The molecular formula is C14H15NO2. The Bertz CT molecular complexity index is 441. The number of nitrogens with zero attached hydrogens (tertiary/aromatic N) is 1. The van der Waals surface area contributed by atoms with Crippen LogP contribution in [-0.4, -0.2) is 29.9 Å². The lowest BCUT2D eigenvalue weighted by Crippen LogP contribution is -2.29. The number of carbonyl (C=O) groups excluding carboxylic acids is 1. The van der Waals surface area contributed by atoms with Gasteiger partial charge >= 0.3 is 0 Å². The molecule has 2 unspecified atom stereocenters. The number of hydrogen-bond acceptors (Lipinski definition) is 3. The highest BCUT2D eigenvalue weighted by atomic mass is 16.5. The van der Waals surface area contributed by atoms with Crippen LogP contribution in [0, 0.1) is 5.92 Å². The number of allylic oxidation sites excluding steroid dienone is 1. The van der Waals surface area contributed by atoms with Crippen LogP contribution in [0.15, 0.2) is 42.7 Å². The number of rotatable bonds is 2. The molecule has 3 nitrogen and oxygen atoms in total. The van der Waals surface area contributed by atoms with Crippen LogP contribution in [-0.2, 0) is 16.1 Å². The predicted octanol–water partition coefficient (Wildman–Crippen LogP) is 1.60. The fourth-order valence-corrected chi connectivity index (χ4v) is 2.56. The molecular weight excluding hydrogens is 214 g/mol. The van der Waals surface area contributed by atoms with Crippen LogP contribution in [0.25, 0.3) is 0 Å². The van der Waals surface area contributed by atoms with Crippen molar-refractivity contribution in [2.24, 2.45) is 5.92 Å². The largest absolute Gasteiger partial charge is 0.496 e. The first-order chi connectivity index (χ1) is 8.33. The van der Waals surface area contributed by atoms with E-state index in [1.54, 1.807) is 6.08 Å². The van der Waals surface area contributed by atoms with E-state index in [-0.39, 0.29) is 17.8 Å². The first-order valence-corrected chi connectivity index (χ1v) is 5.95. The molecule has 0 amide bonds. The molecule has 3 rings (SSSR count). The average Bonchev–Trinajstić information content (AvgIpc) is 2.74. The topological polar surface area (TPSA) is 29.5 Å². The highest BCUT2D eigenvalue weighted by Gasteiger charge is 2.39. The van der Waals surface area contributed by atoms with Gasteiger partial charge in [0, 0.05) is 25.7 Å². The van der Waals surface area contributed by atoms with Crippen molar-refractivity contribution in [1.29, 1.82) is 0 Å². The predicted molar refractivity (Wildman–Crippen MR) is 64.2 cm³/mol. The van der Waals surface area contributed by atoms with Crippen molar-refractivity contribution in [2.75, 3.05) is 13.1 Å². The van der Waals surface area contributed by atoms with Gasteiger partial charge in [-0.05, 0) is 5.56 Å². The molecule has 0 N–H and O–H groups in total. The van der Waals surface area contributed by atoms with Crippen molar-refractivity contribution in [2.45, 2.75) is 12.6 Å². The third-order valence-electron chi connectivity index (χ3n) is 3.44. The molecule has 17 heavy (non-hydrogen) atoms. The second-order valence-corrected chi connectivity index (χ2v) is 4.67. The summed E-state index contributed by atoms with van der Waals surface area (Å²) in [5, 5.41) is 0. The maximum atomic E-state index is 11.7. The fourth-order valence-electron chi connectivity index (χ4n) is 2.56. The number of fused-ring (bicyclic) bond motifs is 1. The van der Waals surface area contributed by atoms with Gasteiger partial charge in [0.05, 0.1) is 12.2 Å². The number of ketones is 1. The van der Waals surface area contributed by atoms with Crippen LogP contribution in [0.4, 0.5) is 0 Å². The first kappa shape index (κ1) is 10.5. The van der Waals surface area contributed by atoms with E-state index in [9.17, 15) is 4.79 Å². The molecule has 0 spiro atoms. The Morgan fingerprint density at radius 2 is 2.06 bits per heavy atom. The smallest absolute Gasteiger partial charge is 0.166 e. The number of likely N-dealkylation sites (tertiary alicyclic amines) is 1. The molecule has 3 heteroatoms. The monoisotopic (exact) mass is 229 g/mol. The molecule has 0 radical (unpaired) electrons. The zero-order valence-electron chi connectivity index (χ0n) is 9.58. The molecule has 2 aliphatic rings. The lowest BCUT2D eigenvalue weighted by molar-refractivity contribution is -0.121. The quantitative estimate of drug-likeness (QED) is 0.771. The van der Waals surface area contributed by atoms with Gasteiger partial charge in [0.15, 0.2) is 5.78 Å². The molecule has 2 heterocycles. The summed E-state index contributed by atoms with van der Waals surface area (Å²) < 4.78 is 5.50. The molecule has 1 fully saturated rings. The number of carbonyl (C=O) groups is 1. The van der Waals surface area contributed by atoms with E-state index in [1.807, 2.05) is 18.2 Å². The second-order valence-electron chi connectivity index (χ2n) is 4.67. The van der Waals surface area contributed by atoms with Gasteiger partial charge in [0.2, 0.25) is 0 Å². The van der Waals surface area contributed by atoms with E-state index >= 15 is 0 Å². The Hall–Kier alpha value is -1.61. The summed E-state index contributed by atoms with van der Waals surface area (Å²) in [7, 11) is 0. The Labute approximate surface area is 101 Å². The van der Waals surface area contributed by atoms with Gasteiger partial charge < -0.3 is 4.74 Å². The van der Waals surface area contributed by atoms with Crippen LogP contribution in [0.3, 0.4) is 0 Å². The van der Waals surface area contributed by atoms with E-state index in [4.69, 9.17) is 4.74 Å². The van der Waals surface area contributed by atoms with Crippen LogP contribution in [0.5, 0.6) is 0 Å². The zero-order chi connectivity index (χ0) is 11.7. The van der Waals surface area contributed by atoms with E-state index in [1.165, 1.54) is 11.8 Å². The zero-order valence-corrected chi connectivity index (χ0v) is 9.58. The van der Waals surface area contributed by atoms with Crippen molar-refractivity contribution < 1.29 is 9.53 Å². The number of benzene rings is 1. The Morgan fingerprint density at radius 3 is 2.82 bits per heavy atom. The SMILES string of the molecule is O=C1C=COC2CN(Cc3ccccc3)CC12. The Kier molecular flexibility index (Phi) is 2.69. The van der Waals surface area contributed by atoms with Crippen molar-refractivity contribution >= 4 is 5.78 Å². The number of hydrogen-bond donors (Lipinski definition) is 0. The minimum absolute atomic E-state index is 0.0312. The highest BCUT2D eigenvalue weighted by Crippen LogP contribution is 2.25. The summed E-state index contributed by atoms with van der Waals surface area (Å²) in [5.74, 6) is 0.237. The van der Waals surface area contributed by atoms with Crippen LogP contribution < -0.4 is 0 Å². The Morgan fingerprint density at radius 1 is 1.24 bits per heavy atom. The summed E-state index contributed by atoms with van der Waals surface area (Å²) in [4.78, 5) is 14.0. The summed E-state index contributed by atoms with van der Waals surface area (Å²) in [5.41, 5.74) is 1.28. The summed E-state index contributed by atoms with van der Waals surface area (Å²) >= 11 is 0. The molecule has 2 aliphatic heterocycles. The first-order valence-electron chi connectivity index (χ1n) is 5.95. The lowest BCUT2D eigenvalue weighted by atomic mass is 9.99. The van der Waals surface area contributed by atoms with E-state index in [0.717, 1.165) is 19.6 Å². The van der Waals surface area contributed by atoms with Crippen LogP contribution in [0.1, 0.15) is 5.56 Å². The van der Waals surface area contributed by atoms with Crippen molar-refractivity contribution in [3.8, 4) is 0 Å². The molecule has 0 aliphatic carbocycles. The normalized spacial score (nSPS) is 27.9. The standard InChI is InChI=1S/C14H15NO2/c16-13-6-7-17-14-10-15(9-12(13)14)8-11-4-2-1-3-5-11/h1-7,12,14H,8-10H2. The molecule has 0 bridgehead atoms.